The van der Waals surface area contributed by atoms with Crippen molar-refractivity contribution < 1.29 is 18.4 Å². The fourth-order valence-corrected chi connectivity index (χ4v) is 5.06. The van der Waals surface area contributed by atoms with Gasteiger partial charge in [0.15, 0.2) is 9.84 Å². The summed E-state index contributed by atoms with van der Waals surface area (Å²) in [6.07, 6.45) is -0.943. The van der Waals surface area contributed by atoms with Crippen LogP contribution in [0.5, 0.6) is 0 Å². The lowest BCUT2D eigenvalue weighted by Crippen LogP contribution is -2.42. The molecule has 1 fully saturated rings. The lowest BCUT2D eigenvalue weighted by atomic mass is 10.1. The average molecular weight is 376 g/mol. The SMILES string of the molecule is O=[N+]([O-])c1ccc(CN(Cc2ccccc2)[C@H]2CS(=O)(=O)C[C@H]2O)cc1. The molecule has 8 heteroatoms. The van der Waals surface area contributed by atoms with Crippen molar-refractivity contribution in [3.8, 4) is 0 Å². The zero-order valence-electron chi connectivity index (χ0n) is 14.1. The number of hydrogen-bond acceptors (Lipinski definition) is 6. The summed E-state index contributed by atoms with van der Waals surface area (Å²) in [5.74, 6) is -0.322. The summed E-state index contributed by atoms with van der Waals surface area (Å²) < 4.78 is 23.8. The molecule has 0 radical (unpaired) electrons. The van der Waals surface area contributed by atoms with E-state index in [2.05, 4.69) is 0 Å². The highest BCUT2D eigenvalue weighted by Gasteiger charge is 2.39. The Bertz CT molecular complexity index is 868. The van der Waals surface area contributed by atoms with Crippen molar-refractivity contribution in [3.05, 3.63) is 75.8 Å². The summed E-state index contributed by atoms with van der Waals surface area (Å²) in [7, 11) is -3.27. The lowest BCUT2D eigenvalue weighted by Gasteiger charge is -2.30. The van der Waals surface area contributed by atoms with Crippen LogP contribution in [-0.2, 0) is 22.9 Å². The lowest BCUT2D eigenvalue weighted by molar-refractivity contribution is -0.384. The molecule has 2 atom stereocenters. The summed E-state index contributed by atoms with van der Waals surface area (Å²) >= 11 is 0. The number of non-ortho nitro benzene ring substituents is 1. The van der Waals surface area contributed by atoms with Gasteiger partial charge in [-0.3, -0.25) is 15.0 Å². The molecule has 2 aromatic carbocycles. The molecule has 0 bridgehead atoms. The predicted molar refractivity (Wildman–Crippen MR) is 97.2 cm³/mol. The van der Waals surface area contributed by atoms with Gasteiger partial charge in [-0.25, -0.2) is 8.42 Å². The van der Waals surface area contributed by atoms with Crippen LogP contribution in [0.25, 0.3) is 0 Å². The number of nitro groups is 1. The van der Waals surface area contributed by atoms with Crippen LogP contribution in [-0.4, -0.2) is 47.0 Å². The van der Waals surface area contributed by atoms with E-state index in [0.717, 1.165) is 11.1 Å². The molecule has 0 aliphatic carbocycles. The highest BCUT2D eigenvalue weighted by Crippen LogP contribution is 2.23. The second-order valence-corrected chi connectivity index (χ2v) is 8.68. The van der Waals surface area contributed by atoms with Crippen LogP contribution in [0.15, 0.2) is 54.6 Å². The molecule has 1 aliphatic heterocycles. The fraction of sp³-hybridized carbons (Fsp3) is 0.333. The molecule has 138 valence electrons. The van der Waals surface area contributed by atoms with Crippen LogP contribution in [0.2, 0.25) is 0 Å². The first-order valence-corrected chi connectivity index (χ1v) is 10.1. The van der Waals surface area contributed by atoms with Gasteiger partial charge in [0.1, 0.15) is 0 Å². The molecule has 0 aromatic heterocycles. The van der Waals surface area contributed by atoms with Gasteiger partial charge in [0.05, 0.1) is 28.6 Å². The molecule has 7 nitrogen and oxygen atoms in total. The smallest absolute Gasteiger partial charge is 0.269 e. The average Bonchev–Trinajstić information content (AvgIpc) is 2.88. The second-order valence-electron chi connectivity index (χ2n) is 6.53. The maximum Gasteiger partial charge on any atom is 0.269 e. The molecular weight excluding hydrogens is 356 g/mol. The molecule has 1 N–H and O–H groups in total. The first kappa shape index (κ1) is 18.5. The van der Waals surface area contributed by atoms with E-state index >= 15 is 0 Å². The molecule has 2 aromatic rings. The van der Waals surface area contributed by atoms with Gasteiger partial charge in [-0.2, -0.15) is 0 Å². The van der Waals surface area contributed by atoms with Crippen molar-refractivity contribution in [1.29, 1.82) is 0 Å². The summed E-state index contributed by atoms with van der Waals surface area (Å²) in [5.41, 5.74) is 1.83. The minimum atomic E-state index is -3.27. The van der Waals surface area contributed by atoms with Crippen LogP contribution in [0, 0.1) is 10.1 Å². The molecule has 1 aliphatic rings. The molecule has 0 unspecified atom stereocenters. The highest BCUT2D eigenvalue weighted by molar-refractivity contribution is 7.91. The number of rotatable bonds is 6. The monoisotopic (exact) mass is 376 g/mol. The van der Waals surface area contributed by atoms with E-state index in [1.807, 2.05) is 35.2 Å². The number of sulfone groups is 1. The normalized spacial score (nSPS) is 21.8. The number of aliphatic hydroxyl groups is 1. The molecule has 1 saturated heterocycles. The highest BCUT2D eigenvalue weighted by atomic mass is 32.2. The number of benzene rings is 2. The van der Waals surface area contributed by atoms with Crippen LogP contribution in [0.3, 0.4) is 0 Å². The van der Waals surface area contributed by atoms with Gasteiger partial charge in [0.25, 0.3) is 5.69 Å². The van der Waals surface area contributed by atoms with E-state index in [4.69, 9.17) is 0 Å². The topological polar surface area (TPSA) is 101 Å². The van der Waals surface area contributed by atoms with Crippen LogP contribution in [0.4, 0.5) is 5.69 Å². The zero-order chi connectivity index (χ0) is 18.7. The molecular formula is C18H20N2O5S. The quantitative estimate of drug-likeness (QED) is 0.609. The van der Waals surface area contributed by atoms with E-state index in [0.29, 0.717) is 13.1 Å². The van der Waals surface area contributed by atoms with Gasteiger partial charge >= 0.3 is 0 Å². The zero-order valence-corrected chi connectivity index (χ0v) is 14.9. The Morgan fingerprint density at radius 3 is 2.08 bits per heavy atom. The Morgan fingerprint density at radius 2 is 1.58 bits per heavy atom. The van der Waals surface area contributed by atoms with E-state index in [1.54, 1.807) is 12.1 Å². The Morgan fingerprint density at radius 1 is 1.00 bits per heavy atom. The minimum Gasteiger partial charge on any atom is -0.390 e. The van der Waals surface area contributed by atoms with E-state index in [1.165, 1.54) is 12.1 Å². The third-order valence-electron chi connectivity index (χ3n) is 4.52. The fourth-order valence-electron chi connectivity index (χ4n) is 3.23. The molecule has 0 amide bonds. The van der Waals surface area contributed by atoms with Crippen LogP contribution >= 0.6 is 0 Å². The first-order valence-electron chi connectivity index (χ1n) is 8.24. The van der Waals surface area contributed by atoms with Crippen molar-refractivity contribution >= 4 is 15.5 Å². The van der Waals surface area contributed by atoms with E-state index in [9.17, 15) is 23.6 Å². The minimum absolute atomic E-state index is 0.00633. The van der Waals surface area contributed by atoms with Gasteiger partial charge in [0.2, 0.25) is 0 Å². The number of hydrogen-bond donors (Lipinski definition) is 1. The summed E-state index contributed by atoms with van der Waals surface area (Å²) in [6, 6.07) is 15.3. The Balaban J connectivity index is 1.84. The van der Waals surface area contributed by atoms with Crippen LogP contribution < -0.4 is 0 Å². The molecule has 0 saturated carbocycles. The third kappa shape index (κ3) is 4.46. The Kier molecular flexibility index (Phi) is 5.36. The van der Waals surface area contributed by atoms with Crippen molar-refractivity contribution in [2.45, 2.75) is 25.2 Å². The van der Waals surface area contributed by atoms with Crippen LogP contribution in [0.1, 0.15) is 11.1 Å². The third-order valence-corrected chi connectivity index (χ3v) is 6.22. The Labute approximate surface area is 152 Å². The van der Waals surface area contributed by atoms with Gasteiger partial charge in [-0.1, -0.05) is 42.5 Å². The summed E-state index contributed by atoms with van der Waals surface area (Å²) in [5, 5.41) is 21.1. The van der Waals surface area contributed by atoms with Gasteiger partial charge in [0, 0.05) is 25.2 Å². The largest absolute Gasteiger partial charge is 0.390 e. The summed E-state index contributed by atoms with van der Waals surface area (Å²) in [4.78, 5) is 12.3. The van der Waals surface area contributed by atoms with E-state index in [-0.39, 0.29) is 17.2 Å². The van der Waals surface area contributed by atoms with Crippen molar-refractivity contribution in [3.63, 3.8) is 0 Å². The van der Waals surface area contributed by atoms with Gasteiger partial charge in [-0.05, 0) is 11.1 Å². The number of aliphatic hydroxyl groups excluding tert-OH is 1. The first-order chi connectivity index (χ1) is 12.3. The number of nitrogens with zero attached hydrogens (tertiary/aromatic N) is 2. The maximum absolute atomic E-state index is 11.9. The molecule has 0 spiro atoms. The summed E-state index contributed by atoms with van der Waals surface area (Å²) in [6.45, 7) is 0.874. The van der Waals surface area contributed by atoms with Crippen molar-refractivity contribution in [2.24, 2.45) is 0 Å². The van der Waals surface area contributed by atoms with Gasteiger partial charge < -0.3 is 5.11 Å². The second kappa shape index (κ2) is 7.53. The van der Waals surface area contributed by atoms with E-state index < -0.39 is 26.9 Å². The van der Waals surface area contributed by atoms with Gasteiger partial charge in [-0.15, -0.1) is 0 Å². The van der Waals surface area contributed by atoms with Crippen molar-refractivity contribution in [1.82, 2.24) is 4.90 Å². The molecule has 26 heavy (non-hydrogen) atoms. The molecule has 1 heterocycles. The number of nitro benzene ring substituents is 1. The maximum atomic E-state index is 11.9. The Hall–Kier alpha value is -2.29. The standard InChI is InChI=1S/C18H20N2O5S/c21-18-13-26(24,25)12-17(18)19(10-14-4-2-1-3-5-14)11-15-6-8-16(9-7-15)20(22)23/h1-9,17-18,21H,10-13H2/t17-,18+/m0/s1. The van der Waals surface area contributed by atoms with Crippen molar-refractivity contribution in [2.75, 3.05) is 11.5 Å². The molecule has 3 rings (SSSR count). The predicted octanol–water partition coefficient (Wildman–Crippen LogP) is 1.75.